The third-order valence-corrected chi connectivity index (χ3v) is 2.16. The third kappa shape index (κ3) is 1.38. The fraction of sp³-hybridized carbons (Fsp3) is 0.100. The van der Waals surface area contributed by atoms with Gasteiger partial charge < -0.3 is 10.1 Å². The van der Waals surface area contributed by atoms with Crippen molar-refractivity contribution in [3.63, 3.8) is 0 Å². The second-order valence-corrected chi connectivity index (χ2v) is 3.16. The predicted octanol–water partition coefficient (Wildman–Crippen LogP) is 0.930. The van der Waals surface area contributed by atoms with Crippen LogP contribution in [0, 0.1) is 6.92 Å². The molecule has 0 aliphatic carbocycles. The zero-order valence-electron chi connectivity index (χ0n) is 7.94. The van der Waals surface area contributed by atoms with Crippen LogP contribution in [0.4, 0.5) is 0 Å². The Morgan fingerprint density at radius 1 is 1.53 bits per heavy atom. The molecule has 5 heteroatoms. The van der Waals surface area contributed by atoms with E-state index >= 15 is 0 Å². The van der Waals surface area contributed by atoms with Gasteiger partial charge in [0.25, 0.3) is 0 Å². The summed E-state index contributed by atoms with van der Waals surface area (Å²) in [5.74, 6) is -1.23. The van der Waals surface area contributed by atoms with Crippen LogP contribution in [0.1, 0.15) is 16.1 Å². The number of pyridine rings is 2. The van der Waals surface area contributed by atoms with Gasteiger partial charge in [0.1, 0.15) is 11.1 Å². The number of nitrogens with one attached hydrogen (secondary N) is 1. The van der Waals surface area contributed by atoms with Crippen LogP contribution < -0.4 is 5.43 Å². The highest BCUT2D eigenvalue weighted by Crippen LogP contribution is 2.08. The predicted molar refractivity (Wildman–Crippen MR) is 54.1 cm³/mol. The van der Waals surface area contributed by atoms with Crippen LogP contribution in [0.15, 0.2) is 23.1 Å². The minimum atomic E-state index is -1.23. The van der Waals surface area contributed by atoms with Gasteiger partial charge in [-0.2, -0.15) is 0 Å². The largest absolute Gasteiger partial charge is 0.477 e. The number of fused-ring (bicyclic) bond motifs is 1. The number of hydrogen-bond acceptors (Lipinski definition) is 3. The quantitative estimate of drug-likeness (QED) is 0.723. The normalized spacial score (nSPS) is 10.5. The SMILES string of the molecule is Cc1[nH]c2cccnc2c(=O)c1C(=O)O. The summed E-state index contributed by atoms with van der Waals surface area (Å²) < 4.78 is 0. The Hall–Kier alpha value is -2.17. The molecule has 0 amide bonds. The van der Waals surface area contributed by atoms with Gasteiger partial charge in [-0.25, -0.2) is 4.79 Å². The fourth-order valence-electron chi connectivity index (χ4n) is 1.50. The highest BCUT2D eigenvalue weighted by atomic mass is 16.4. The summed E-state index contributed by atoms with van der Waals surface area (Å²) in [6.45, 7) is 1.55. The Morgan fingerprint density at radius 3 is 2.93 bits per heavy atom. The van der Waals surface area contributed by atoms with Crippen molar-refractivity contribution in [3.8, 4) is 0 Å². The molecule has 5 nitrogen and oxygen atoms in total. The van der Waals surface area contributed by atoms with E-state index in [1.807, 2.05) is 0 Å². The molecule has 2 aromatic rings. The van der Waals surface area contributed by atoms with E-state index in [0.717, 1.165) is 0 Å². The number of aromatic amines is 1. The lowest BCUT2D eigenvalue weighted by Gasteiger charge is -2.02. The molecule has 0 bridgehead atoms. The molecule has 76 valence electrons. The lowest BCUT2D eigenvalue weighted by Crippen LogP contribution is -2.18. The molecular weight excluding hydrogens is 196 g/mol. The van der Waals surface area contributed by atoms with E-state index in [4.69, 9.17) is 5.11 Å². The van der Waals surface area contributed by atoms with Crippen molar-refractivity contribution in [1.82, 2.24) is 9.97 Å². The second-order valence-electron chi connectivity index (χ2n) is 3.16. The average Bonchev–Trinajstić information content (AvgIpc) is 2.17. The van der Waals surface area contributed by atoms with Gasteiger partial charge in [-0.05, 0) is 19.1 Å². The molecule has 0 aromatic carbocycles. The first-order valence-corrected chi connectivity index (χ1v) is 4.32. The average molecular weight is 204 g/mol. The molecule has 2 heterocycles. The van der Waals surface area contributed by atoms with Crippen molar-refractivity contribution in [1.29, 1.82) is 0 Å². The monoisotopic (exact) mass is 204 g/mol. The highest BCUT2D eigenvalue weighted by molar-refractivity contribution is 5.92. The number of carbonyl (C=O) groups is 1. The number of aromatic carboxylic acids is 1. The fourth-order valence-corrected chi connectivity index (χ4v) is 1.50. The van der Waals surface area contributed by atoms with Crippen molar-refractivity contribution in [2.75, 3.05) is 0 Å². The van der Waals surface area contributed by atoms with E-state index < -0.39 is 11.4 Å². The molecule has 0 unspecified atom stereocenters. The van der Waals surface area contributed by atoms with E-state index in [1.165, 1.54) is 6.20 Å². The summed E-state index contributed by atoms with van der Waals surface area (Å²) in [6, 6.07) is 3.36. The number of aromatic nitrogens is 2. The molecule has 0 saturated heterocycles. The first kappa shape index (κ1) is 9.39. The van der Waals surface area contributed by atoms with Gasteiger partial charge in [0.2, 0.25) is 5.43 Å². The van der Waals surface area contributed by atoms with Crippen molar-refractivity contribution in [2.45, 2.75) is 6.92 Å². The first-order valence-electron chi connectivity index (χ1n) is 4.32. The Kier molecular flexibility index (Phi) is 2.00. The zero-order chi connectivity index (χ0) is 11.0. The molecule has 0 aliphatic rings. The lowest BCUT2D eigenvalue weighted by atomic mass is 10.1. The third-order valence-electron chi connectivity index (χ3n) is 2.16. The maximum Gasteiger partial charge on any atom is 0.341 e. The Morgan fingerprint density at radius 2 is 2.27 bits per heavy atom. The van der Waals surface area contributed by atoms with Gasteiger partial charge in [0, 0.05) is 11.9 Å². The van der Waals surface area contributed by atoms with E-state index in [2.05, 4.69) is 9.97 Å². The van der Waals surface area contributed by atoms with Crippen molar-refractivity contribution < 1.29 is 9.90 Å². The molecule has 0 aliphatic heterocycles. The number of hydrogen-bond donors (Lipinski definition) is 2. The van der Waals surface area contributed by atoms with Crippen LogP contribution in [-0.4, -0.2) is 21.0 Å². The Labute approximate surface area is 84.4 Å². The van der Waals surface area contributed by atoms with Crippen molar-refractivity contribution in [3.05, 3.63) is 39.8 Å². The van der Waals surface area contributed by atoms with E-state index in [0.29, 0.717) is 11.2 Å². The van der Waals surface area contributed by atoms with Crippen LogP contribution >= 0.6 is 0 Å². The van der Waals surface area contributed by atoms with Gasteiger partial charge in [-0.15, -0.1) is 0 Å². The lowest BCUT2D eigenvalue weighted by molar-refractivity contribution is 0.0694. The number of H-pyrrole nitrogens is 1. The standard InChI is InChI=1S/C10H8N2O3/c1-5-7(10(14)15)9(13)8-6(12-5)3-2-4-11-8/h2-4H,1H3,(H,12,13)(H,14,15). The molecule has 2 aromatic heterocycles. The molecule has 2 N–H and O–H groups in total. The van der Waals surface area contributed by atoms with Crippen LogP contribution in [-0.2, 0) is 0 Å². The van der Waals surface area contributed by atoms with Gasteiger partial charge in [0.05, 0.1) is 5.52 Å². The van der Waals surface area contributed by atoms with Gasteiger partial charge in [-0.1, -0.05) is 0 Å². The summed E-state index contributed by atoms with van der Waals surface area (Å²) in [5, 5.41) is 8.86. The summed E-state index contributed by atoms with van der Waals surface area (Å²) in [5.41, 5.74) is 0.244. The van der Waals surface area contributed by atoms with Gasteiger partial charge in [0.15, 0.2) is 0 Å². The number of aryl methyl sites for hydroxylation is 1. The molecule has 0 spiro atoms. The van der Waals surface area contributed by atoms with Crippen LogP contribution in [0.3, 0.4) is 0 Å². The summed E-state index contributed by atoms with van der Waals surface area (Å²) in [7, 11) is 0. The van der Waals surface area contributed by atoms with Crippen molar-refractivity contribution >= 4 is 17.0 Å². The number of nitrogens with zero attached hydrogens (tertiary/aromatic N) is 1. The van der Waals surface area contributed by atoms with Crippen molar-refractivity contribution in [2.24, 2.45) is 0 Å². The van der Waals surface area contributed by atoms with Crippen LogP contribution in [0.25, 0.3) is 11.0 Å². The number of carboxylic acid groups (broad SMARTS) is 1. The van der Waals surface area contributed by atoms with E-state index in [-0.39, 0.29) is 11.1 Å². The highest BCUT2D eigenvalue weighted by Gasteiger charge is 2.15. The van der Waals surface area contributed by atoms with Gasteiger partial charge in [-0.3, -0.25) is 9.78 Å². The maximum absolute atomic E-state index is 11.7. The minimum absolute atomic E-state index is 0.153. The molecule has 0 atom stereocenters. The molecular formula is C10H8N2O3. The summed E-state index contributed by atoms with van der Waals surface area (Å²) in [6.07, 6.45) is 1.46. The topological polar surface area (TPSA) is 83.0 Å². The minimum Gasteiger partial charge on any atom is -0.477 e. The maximum atomic E-state index is 11.7. The molecule has 2 rings (SSSR count). The number of rotatable bonds is 1. The van der Waals surface area contributed by atoms with E-state index in [9.17, 15) is 9.59 Å². The van der Waals surface area contributed by atoms with E-state index in [1.54, 1.807) is 19.1 Å². The molecule has 0 radical (unpaired) electrons. The van der Waals surface area contributed by atoms with Gasteiger partial charge >= 0.3 is 5.97 Å². The molecule has 0 fully saturated rings. The number of carboxylic acids is 1. The molecule has 15 heavy (non-hydrogen) atoms. The summed E-state index contributed by atoms with van der Waals surface area (Å²) in [4.78, 5) is 29.3. The Balaban J connectivity index is 2.97. The van der Waals surface area contributed by atoms with Crippen LogP contribution in [0.5, 0.6) is 0 Å². The Bertz CT molecular complexity index is 601. The molecule has 0 saturated carbocycles. The first-order chi connectivity index (χ1) is 7.11. The van der Waals surface area contributed by atoms with Crippen LogP contribution in [0.2, 0.25) is 0 Å². The summed E-state index contributed by atoms with van der Waals surface area (Å²) >= 11 is 0. The smallest absolute Gasteiger partial charge is 0.341 e. The zero-order valence-corrected chi connectivity index (χ0v) is 7.94. The second kappa shape index (κ2) is 3.20.